The Hall–Kier alpha value is -3.52. The molecule has 0 radical (unpaired) electrons. The Balaban J connectivity index is 1.45. The van der Waals surface area contributed by atoms with Crippen LogP contribution >= 0.6 is 0 Å². The predicted molar refractivity (Wildman–Crippen MR) is 122 cm³/mol. The summed E-state index contributed by atoms with van der Waals surface area (Å²) < 4.78 is 19.8. The summed E-state index contributed by atoms with van der Waals surface area (Å²) in [5, 5.41) is 14.7. The van der Waals surface area contributed by atoms with Gasteiger partial charge in [0.25, 0.3) is 0 Å². The lowest BCUT2D eigenvalue weighted by atomic mass is 10.1. The molecule has 0 fully saturated rings. The fourth-order valence-corrected chi connectivity index (χ4v) is 4.40. The zero-order chi connectivity index (χ0) is 23.3. The maximum absolute atomic E-state index is 15.0. The van der Waals surface area contributed by atoms with Crippen molar-refractivity contribution in [1.82, 2.24) is 23.9 Å². The molecule has 33 heavy (non-hydrogen) atoms. The largest absolute Gasteiger partial charge is 0.384 e. The van der Waals surface area contributed by atoms with Crippen molar-refractivity contribution in [2.24, 2.45) is 0 Å². The standard InChI is InChI=1S/C25H26FN5O2/c1-16-27-22(25(2,3)33)15-29(16)14-18-9-10-19(13-20(18)26)31-24(32)30-21(11-12-23(30)28-31)17-7-5-4-6-8-17/h4-10,13,15,21,33H,11-12,14H2,1-3H3. The quantitative estimate of drug-likeness (QED) is 0.508. The van der Waals surface area contributed by atoms with E-state index in [2.05, 4.69) is 10.1 Å². The molecule has 1 unspecified atom stereocenters. The monoisotopic (exact) mass is 447 g/mol. The number of aliphatic hydroxyl groups is 1. The summed E-state index contributed by atoms with van der Waals surface area (Å²) in [6.45, 7) is 5.41. The zero-order valence-electron chi connectivity index (χ0n) is 18.9. The van der Waals surface area contributed by atoms with E-state index in [9.17, 15) is 9.90 Å². The van der Waals surface area contributed by atoms with E-state index in [4.69, 9.17) is 0 Å². The number of aryl methyl sites for hydroxylation is 2. The molecule has 7 nitrogen and oxygen atoms in total. The van der Waals surface area contributed by atoms with Gasteiger partial charge in [-0.15, -0.1) is 5.10 Å². The SMILES string of the molecule is Cc1nc(C(C)(C)O)cn1Cc1ccc(-n2nc3n(c2=O)C(c2ccccc2)CC3)cc1F. The van der Waals surface area contributed by atoms with Crippen molar-refractivity contribution >= 4 is 0 Å². The Morgan fingerprint density at radius 3 is 2.61 bits per heavy atom. The van der Waals surface area contributed by atoms with Gasteiger partial charge in [0, 0.05) is 24.2 Å². The number of nitrogens with zero attached hydrogens (tertiary/aromatic N) is 5. The molecule has 0 amide bonds. The van der Waals surface area contributed by atoms with Gasteiger partial charge >= 0.3 is 5.69 Å². The first-order valence-electron chi connectivity index (χ1n) is 11.0. The Labute approximate surface area is 190 Å². The number of hydrogen-bond acceptors (Lipinski definition) is 4. The van der Waals surface area contributed by atoms with Crippen molar-refractivity contribution in [2.75, 3.05) is 0 Å². The smallest absolute Gasteiger partial charge is 0.351 e. The number of hydrogen-bond donors (Lipinski definition) is 1. The number of imidazole rings is 1. The summed E-state index contributed by atoms with van der Waals surface area (Å²) in [6.07, 6.45) is 3.26. The highest BCUT2D eigenvalue weighted by atomic mass is 19.1. The molecule has 0 aliphatic carbocycles. The molecular weight excluding hydrogens is 421 g/mol. The summed E-state index contributed by atoms with van der Waals surface area (Å²) in [5.74, 6) is 0.973. The van der Waals surface area contributed by atoms with E-state index in [1.165, 1.54) is 10.7 Å². The van der Waals surface area contributed by atoms with Crippen molar-refractivity contribution in [1.29, 1.82) is 0 Å². The zero-order valence-corrected chi connectivity index (χ0v) is 18.9. The maximum Gasteiger partial charge on any atom is 0.351 e. The minimum absolute atomic E-state index is 0.0549. The summed E-state index contributed by atoms with van der Waals surface area (Å²) in [6, 6.07) is 14.6. The van der Waals surface area contributed by atoms with Crippen LogP contribution in [0.4, 0.5) is 4.39 Å². The number of halogens is 1. The third kappa shape index (κ3) is 3.80. The van der Waals surface area contributed by atoms with Gasteiger partial charge in [-0.05, 0) is 38.8 Å². The second-order valence-corrected chi connectivity index (χ2v) is 9.08. The second kappa shape index (κ2) is 7.81. The van der Waals surface area contributed by atoms with Gasteiger partial charge in [0.2, 0.25) is 0 Å². The highest BCUT2D eigenvalue weighted by Crippen LogP contribution is 2.29. The summed E-state index contributed by atoms with van der Waals surface area (Å²) in [5.41, 5.74) is 1.13. The second-order valence-electron chi connectivity index (χ2n) is 9.08. The molecule has 5 rings (SSSR count). The van der Waals surface area contributed by atoms with E-state index in [0.717, 1.165) is 12.0 Å². The van der Waals surface area contributed by atoms with Crippen LogP contribution in [0.5, 0.6) is 0 Å². The highest BCUT2D eigenvalue weighted by molar-refractivity contribution is 5.36. The third-order valence-electron chi connectivity index (χ3n) is 6.24. The molecule has 0 saturated carbocycles. The summed E-state index contributed by atoms with van der Waals surface area (Å²) in [7, 11) is 0. The van der Waals surface area contributed by atoms with Gasteiger partial charge < -0.3 is 9.67 Å². The summed E-state index contributed by atoms with van der Waals surface area (Å²) >= 11 is 0. The molecule has 1 aliphatic heterocycles. The number of benzene rings is 2. The van der Waals surface area contributed by atoms with Crippen LogP contribution in [0.25, 0.3) is 5.69 Å². The molecule has 0 spiro atoms. The fourth-order valence-electron chi connectivity index (χ4n) is 4.40. The first kappa shape index (κ1) is 21.3. The molecule has 2 aromatic carbocycles. The van der Waals surface area contributed by atoms with Crippen LogP contribution in [0.2, 0.25) is 0 Å². The van der Waals surface area contributed by atoms with E-state index < -0.39 is 11.4 Å². The lowest BCUT2D eigenvalue weighted by molar-refractivity contribution is 0.0741. The number of rotatable bonds is 5. The van der Waals surface area contributed by atoms with Crippen LogP contribution < -0.4 is 5.69 Å². The first-order valence-corrected chi connectivity index (χ1v) is 11.0. The molecule has 2 aromatic heterocycles. The Morgan fingerprint density at radius 2 is 1.94 bits per heavy atom. The van der Waals surface area contributed by atoms with Crippen LogP contribution in [0, 0.1) is 12.7 Å². The fraction of sp³-hybridized carbons (Fsp3) is 0.320. The van der Waals surface area contributed by atoms with Crippen LogP contribution in [0.3, 0.4) is 0 Å². The van der Waals surface area contributed by atoms with E-state index in [1.54, 1.807) is 41.3 Å². The van der Waals surface area contributed by atoms with Gasteiger partial charge in [-0.1, -0.05) is 36.4 Å². The normalized spacial score (nSPS) is 15.7. The lowest BCUT2D eigenvalue weighted by Crippen LogP contribution is -2.26. The van der Waals surface area contributed by atoms with E-state index in [1.807, 2.05) is 37.3 Å². The van der Waals surface area contributed by atoms with Gasteiger partial charge in [-0.3, -0.25) is 4.57 Å². The minimum Gasteiger partial charge on any atom is -0.384 e. The van der Waals surface area contributed by atoms with Gasteiger partial charge in [-0.2, -0.15) is 4.68 Å². The molecule has 0 saturated heterocycles. The maximum atomic E-state index is 15.0. The Morgan fingerprint density at radius 1 is 1.18 bits per heavy atom. The van der Waals surface area contributed by atoms with Crippen LogP contribution in [0.15, 0.2) is 59.5 Å². The third-order valence-corrected chi connectivity index (χ3v) is 6.24. The van der Waals surface area contributed by atoms with Gasteiger partial charge in [0.1, 0.15) is 23.1 Å². The van der Waals surface area contributed by atoms with Crippen molar-refractivity contribution in [2.45, 2.75) is 51.8 Å². The van der Waals surface area contributed by atoms with Crippen molar-refractivity contribution < 1.29 is 9.50 Å². The topological polar surface area (TPSA) is 77.9 Å². The molecule has 1 aliphatic rings. The van der Waals surface area contributed by atoms with Crippen LogP contribution in [-0.2, 0) is 18.6 Å². The summed E-state index contributed by atoms with van der Waals surface area (Å²) in [4.78, 5) is 17.6. The van der Waals surface area contributed by atoms with Crippen LogP contribution in [0.1, 0.15) is 54.8 Å². The molecular formula is C25H26FN5O2. The lowest BCUT2D eigenvalue weighted by Gasteiger charge is -2.13. The average Bonchev–Trinajstić information content (AvgIpc) is 3.45. The number of fused-ring (bicyclic) bond motifs is 1. The Bertz CT molecular complexity index is 1380. The molecule has 1 N–H and O–H groups in total. The van der Waals surface area contributed by atoms with Gasteiger partial charge in [0.15, 0.2) is 0 Å². The van der Waals surface area contributed by atoms with Gasteiger partial charge in [0.05, 0.1) is 24.0 Å². The Kier molecular flexibility index (Phi) is 5.05. The van der Waals surface area contributed by atoms with Crippen molar-refractivity contribution in [3.8, 4) is 5.69 Å². The molecule has 170 valence electrons. The molecule has 4 aromatic rings. The van der Waals surface area contributed by atoms with E-state index in [-0.39, 0.29) is 18.3 Å². The molecule has 1 atom stereocenters. The molecule has 3 heterocycles. The van der Waals surface area contributed by atoms with E-state index in [0.29, 0.717) is 35.0 Å². The van der Waals surface area contributed by atoms with Crippen molar-refractivity contribution in [3.05, 3.63) is 99.5 Å². The van der Waals surface area contributed by atoms with Crippen LogP contribution in [-0.4, -0.2) is 29.0 Å². The molecule has 8 heteroatoms. The average molecular weight is 448 g/mol. The highest BCUT2D eigenvalue weighted by Gasteiger charge is 2.29. The molecule has 0 bridgehead atoms. The van der Waals surface area contributed by atoms with Crippen molar-refractivity contribution in [3.63, 3.8) is 0 Å². The van der Waals surface area contributed by atoms with E-state index >= 15 is 4.39 Å². The first-order chi connectivity index (χ1) is 15.7. The van der Waals surface area contributed by atoms with Gasteiger partial charge in [-0.25, -0.2) is 14.2 Å². The number of aromatic nitrogens is 5. The minimum atomic E-state index is -1.07. The predicted octanol–water partition coefficient (Wildman–Crippen LogP) is 3.49.